The van der Waals surface area contributed by atoms with E-state index in [1.165, 1.54) is 0 Å². The van der Waals surface area contributed by atoms with E-state index in [0.717, 1.165) is 11.4 Å². The lowest BCUT2D eigenvalue weighted by Gasteiger charge is -1.97. The van der Waals surface area contributed by atoms with Crippen molar-refractivity contribution >= 4 is 0 Å². The monoisotopic (exact) mass is 154 g/mol. The minimum Gasteiger partial charge on any atom is -0.393 e. The van der Waals surface area contributed by atoms with Gasteiger partial charge in [-0.3, -0.25) is 4.68 Å². The van der Waals surface area contributed by atoms with Crippen LogP contribution >= 0.6 is 0 Å². The third-order valence-corrected chi connectivity index (χ3v) is 1.67. The largest absolute Gasteiger partial charge is 0.393 e. The van der Waals surface area contributed by atoms with Gasteiger partial charge in [-0.1, -0.05) is 0 Å². The first kappa shape index (κ1) is 8.27. The summed E-state index contributed by atoms with van der Waals surface area (Å²) in [4.78, 5) is 0. The van der Waals surface area contributed by atoms with Gasteiger partial charge in [0.2, 0.25) is 0 Å². The highest BCUT2D eigenvalue weighted by molar-refractivity contribution is 5.08. The molecular weight excluding hydrogens is 140 g/mol. The second kappa shape index (κ2) is 3.05. The third kappa shape index (κ3) is 2.05. The van der Waals surface area contributed by atoms with Gasteiger partial charge in [0.05, 0.1) is 11.8 Å². The maximum atomic E-state index is 9.06. The first-order valence-electron chi connectivity index (χ1n) is 3.77. The summed E-state index contributed by atoms with van der Waals surface area (Å²) in [7, 11) is 1.90. The highest BCUT2D eigenvalue weighted by Crippen LogP contribution is 2.03. The van der Waals surface area contributed by atoms with Crippen molar-refractivity contribution in [2.75, 3.05) is 0 Å². The fourth-order valence-corrected chi connectivity index (χ4v) is 1.04. The summed E-state index contributed by atoms with van der Waals surface area (Å²) in [6.07, 6.45) is 0.339. The van der Waals surface area contributed by atoms with Crippen molar-refractivity contribution < 1.29 is 5.11 Å². The lowest BCUT2D eigenvalue weighted by Crippen LogP contribution is -2.05. The minimum absolute atomic E-state index is 0.302. The van der Waals surface area contributed by atoms with Gasteiger partial charge in [0.15, 0.2) is 0 Å². The smallest absolute Gasteiger partial charge is 0.0652 e. The topological polar surface area (TPSA) is 38.1 Å². The van der Waals surface area contributed by atoms with Crippen LogP contribution in [0, 0.1) is 6.92 Å². The van der Waals surface area contributed by atoms with E-state index in [1.54, 1.807) is 6.92 Å². The van der Waals surface area contributed by atoms with Crippen molar-refractivity contribution in [2.24, 2.45) is 7.05 Å². The van der Waals surface area contributed by atoms with Crippen LogP contribution in [-0.2, 0) is 13.5 Å². The van der Waals surface area contributed by atoms with Crippen LogP contribution in [-0.4, -0.2) is 21.0 Å². The molecule has 0 saturated heterocycles. The first-order chi connectivity index (χ1) is 5.09. The third-order valence-electron chi connectivity index (χ3n) is 1.67. The molecule has 3 heteroatoms. The fraction of sp³-hybridized carbons (Fsp3) is 0.625. The SMILES string of the molecule is Cc1cc(CC(C)O)nn1C. The molecule has 3 nitrogen and oxygen atoms in total. The molecule has 0 radical (unpaired) electrons. The Hall–Kier alpha value is -0.830. The molecular formula is C8H14N2O. The second-order valence-electron chi connectivity index (χ2n) is 2.95. The predicted octanol–water partition coefficient (Wildman–Crippen LogP) is 0.652. The molecule has 0 fully saturated rings. The average Bonchev–Trinajstić information content (AvgIpc) is 2.10. The Kier molecular flexibility index (Phi) is 2.29. The molecule has 1 aromatic rings. The Bertz CT molecular complexity index is 221. The van der Waals surface area contributed by atoms with E-state index >= 15 is 0 Å². The van der Waals surface area contributed by atoms with E-state index in [4.69, 9.17) is 5.11 Å². The number of hydrogen-bond donors (Lipinski definition) is 1. The van der Waals surface area contributed by atoms with Crippen LogP contribution in [0.3, 0.4) is 0 Å². The highest BCUT2D eigenvalue weighted by Gasteiger charge is 2.03. The van der Waals surface area contributed by atoms with Gasteiger partial charge in [0.25, 0.3) is 0 Å². The summed E-state index contributed by atoms with van der Waals surface area (Å²) in [5.74, 6) is 0. The summed E-state index contributed by atoms with van der Waals surface area (Å²) in [5, 5.41) is 13.3. The minimum atomic E-state index is -0.302. The molecule has 1 rings (SSSR count). The van der Waals surface area contributed by atoms with Gasteiger partial charge in [0, 0.05) is 19.2 Å². The second-order valence-corrected chi connectivity index (χ2v) is 2.95. The van der Waals surface area contributed by atoms with Crippen molar-refractivity contribution in [3.63, 3.8) is 0 Å². The number of rotatable bonds is 2. The predicted molar refractivity (Wildman–Crippen MR) is 43.3 cm³/mol. The molecule has 0 spiro atoms. The molecule has 0 aliphatic heterocycles. The lowest BCUT2D eigenvalue weighted by atomic mass is 10.2. The Balaban J connectivity index is 2.73. The maximum Gasteiger partial charge on any atom is 0.0652 e. The van der Waals surface area contributed by atoms with Crippen molar-refractivity contribution in [3.05, 3.63) is 17.5 Å². The molecule has 1 unspecified atom stereocenters. The van der Waals surface area contributed by atoms with E-state index in [0.29, 0.717) is 6.42 Å². The van der Waals surface area contributed by atoms with Crippen molar-refractivity contribution in [1.29, 1.82) is 0 Å². The summed E-state index contributed by atoms with van der Waals surface area (Å²) in [6, 6.07) is 1.99. The van der Waals surface area contributed by atoms with Crippen molar-refractivity contribution in [1.82, 2.24) is 9.78 Å². The Morgan fingerprint density at radius 1 is 1.73 bits per heavy atom. The van der Waals surface area contributed by atoms with Gasteiger partial charge in [-0.25, -0.2) is 0 Å². The van der Waals surface area contributed by atoms with Crippen LogP contribution in [0.2, 0.25) is 0 Å². The van der Waals surface area contributed by atoms with Crippen molar-refractivity contribution in [2.45, 2.75) is 26.4 Å². The Labute approximate surface area is 66.7 Å². The van der Waals surface area contributed by atoms with Crippen LogP contribution < -0.4 is 0 Å². The molecule has 1 atom stereocenters. The van der Waals surface area contributed by atoms with E-state index < -0.39 is 0 Å². The zero-order valence-electron chi connectivity index (χ0n) is 7.20. The van der Waals surface area contributed by atoms with E-state index in [2.05, 4.69) is 5.10 Å². The number of aliphatic hydroxyl groups is 1. The molecule has 62 valence electrons. The van der Waals surface area contributed by atoms with Gasteiger partial charge in [-0.2, -0.15) is 5.10 Å². The number of aromatic nitrogens is 2. The molecule has 0 saturated carbocycles. The normalized spacial score (nSPS) is 13.5. The maximum absolute atomic E-state index is 9.06. The van der Waals surface area contributed by atoms with Gasteiger partial charge in [0.1, 0.15) is 0 Å². The Morgan fingerprint density at radius 2 is 2.36 bits per heavy atom. The number of aryl methyl sites for hydroxylation is 2. The van der Waals surface area contributed by atoms with Gasteiger partial charge >= 0.3 is 0 Å². The molecule has 0 aliphatic carbocycles. The lowest BCUT2D eigenvalue weighted by molar-refractivity contribution is 0.194. The quantitative estimate of drug-likeness (QED) is 0.679. The van der Waals surface area contributed by atoms with Crippen LogP contribution in [0.1, 0.15) is 18.3 Å². The summed E-state index contributed by atoms with van der Waals surface area (Å²) in [5.41, 5.74) is 2.08. The molecule has 0 aromatic carbocycles. The first-order valence-corrected chi connectivity index (χ1v) is 3.77. The summed E-state index contributed by atoms with van der Waals surface area (Å²) < 4.78 is 1.82. The summed E-state index contributed by atoms with van der Waals surface area (Å²) in [6.45, 7) is 3.77. The Morgan fingerprint density at radius 3 is 2.73 bits per heavy atom. The average molecular weight is 154 g/mol. The van der Waals surface area contributed by atoms with E-state index in [1.807, 2.05) is 24.7 Å². The van der Waals surface area contributed by atoms with Gasteiger partial charge < -0.3 is 5.11 Å². The number of nitrogens with zero attached hydrogens (tertiary/aromatic N) is 2. The van der Waals surface area contributed by atoms with Gasteiger partial charge in [-0.05, 0) is 19.9 Å². The van der Waals surface area contributed by atoms with E-state index in [9.17, 15) is 0 Å². The molecule has 1 aromatic heterocycles. The zero-order chi connectivity index (χ0) is 8.43. The van der Waals surface area contributed by atoms with Crippen LogP contribution in [0.5, 0.6) is 0 Å². The molecule has 11 heavy (non-hydrogen) atoms. The molecule has 0 amide bonds. The number of aliphatic hydroxyl groups excluding tert-OH is 1. The zero-order valence-corrected chi connectivity index (χ0v) is 7.20. The summed E-state index contributed by atoms with van der Waals surface area (Å²) >= 11 is 0. The van der Waals surface area contributed by atoms with Crippen LogP contribution in [0.25, 0.3) is 0 Å². The van der Waals surface area contributed by atoms with Crippen molar-refractivity contribution in [3.8, 4) is 0 Å². The van der Waals surface area contributed by atoms with Crippen LogP contribution in [0.15, 0.2) is 6.07 Å². The standard InChI is InChI=1S/C8H14N2O/c1-6-4-8(5-7(2)11)9-10(6)3/h4,7,11H,5H2,1-3H3. The highest BCUT2D eigenvalue weighted by atomic mass is 16.3. The molecule has 1 N–H and O–H groups in total. The molecule has 0 aliphatic rings. The van der Waals surface area contributed by atoms with E-state index in [-0.39, 0.29) is 6.10 Å². The molecule has 1 heterocycles. The van der Waals surface area contributed by atoms with Gasteiger partial charge in [-0.15, -0.1) is 0 Å². The fourth-order valence-electron chi connectivity index (χ4n) is 1.04. The van der Waals surface area contributed by atoms with Crippen LogP contribution in [0.4, 0.5) is 0 Å². The number of hydrogen-bond acceptors (Lipinski definition) is 2. The molecule has 0 bridgehead atoms.